The first kappa shape index (κ1) is 52.9. The third kappa shape index (κ3) is 16.1. The van der Waals surface area contributed by atoms with Crippen LogP contribution in [0.2, 0.25) is 0 Å². The van der Waals surface area contributed by atoms with Crippen LogP contribution in [0.15, 0.2) is 63.9 Å². The lowest BCUT2D eigenvalue weighted by atomic mass is 9.92. The quantitative estimate of drug-likeness (QED) is 0.108. The minimum absolute atomic E-state index is 0.0157. The van der Waals surface area contributed by atoms with Gasteiger partial charge in [0.2, 0.25) is 0 Å². The number of ketones is 1. The maximum absolute atomic E-state index is 13.4. The Balaban J connectivity index is 0.000000416. The Morgan fingerprint density at radius 1 is 1.02 bits per heavy atom. The number of rotatable bonds is 12. The summed E-state index contributed by atoms with van der Waals surface area (Å²) >= 11 is 1.70. The number of aromatic amines is 1. The van der Waals surface area contributed by atoms with Crippen molar-refractivity contribution in [3.05, 3.63) is 86.5 Å². The highest BCUT2D eigenvalue weighted by Gasteiger charge is 2.41. The van der Waals surface area contributed by atoms with Crippen molar-refractivity contribution in [2.45, 2.75) is 91.9 Å². The fourth-order valence-corrected chi connectivity index (χ4v) is 9.06. The second kappa shape index (κ2) is 26.1. The zero-order chi connectivity index (χ0) is 45.0. The highest BCUT2D eigenvalue weighted by Crippen LogP contribution is 2.37. The molecule has 5 rings (SSSR count). The Kier molecular flexibility index (Phi) is 23.4. The van der Waals surface area contributed by atoms with Gasteiger partial charge in [-0.3, -0.25) is 4.79 Å². The Labute approximate surface area is 352 Å². The number of alkyl halides is 3. The first-order chi connectivity index (χ1) is 27.8. The number of thiophene rings is 1. The molecule has 18 heteroatoms. The number of carbonyl (C=O) groups is 1. The third-order valence-corrected chi connectivity index (χ3v) is 12.2. The number of aryl methyl sites for hydroxylation is 1. The van der Waals surface area contributed by atoms with Crippen LogP contribution in [0.4, 0.5) is 17.6 Å². The van der Waals surface area contributed by atoms with Crippen LogP contribution in [-0.2, 0) is 41.1 Å². The van der Waals surface area contributed by atoms with Crippen molar-refractivity contribution in [3.63, 3.8) is 0 Å². The van der Waals surface area contributed by atoms with Gasteiger partial charge >= 0.3 is 18.5 Å². The molecule has 0 bridgehead atoms. The topological polar surface area (TPSA) is 151 Å². The molecule has 2 aliphatic heterocycles. The maximum Gasteiger partial charge on any atom is 0.454 e. The van der Waals surface area contributed by atoms with E-state index in [-0.39, 0.29) is 40.7 Å². The third-order valence-electron chi connectivity index (χ3n) is 9.40. The predicted molar refractivity (Wildman–Crippen MR) is 222 cm³/mol. The summed E-state index contributed by atoms with van der Waals surface area (Å²) in [5.74, 6) is -2.23. The van der Waals surface area contributed by atoms with Crippen LogP contribution in [0.3, 0.4) is 0 Å². The number of allylic oxidation sites excluding steroid dienone is 2. The molecule has 0 amide bonds. The maximum atomic E-state index is 13.4. The van der Waals surface area contributed by atoms with Gasteiger partial charge in [-0.15, -0.1) is 0 Å². The second-order valence-corrected chi connectivity index (χ2v) is 17.1. The monoisotopic (exact) mass is 887 g/mol. The van der Waals surface area contributed by atoms with Crippen molar-refractivity contribution in [1.82, 2.24) is 13.6 Å². The highest BCUT2D eigenvalue weighted by atomic mass is 32.2. The van der Waals surface area contributed by atoms with Gasteiger partial charge in [-0.05, 0) is 87.2 Å². The number of nitrogens with one attached hydrogen (secondary N) is 1. The van der Waals surface area contributed by atoms with Crippen molar-refractivity contribution in [2.24, 2.45) is 5.92 Å². The smallest absolute Gasteiger partial charge is 0.454 e. The summed E-state index contributed by atoms with van der Waals surface area (Å²) in [4.78, 5) is 46.4. The SMILES string of the molecule is CCC1=CCN([S@@](C)=O)[C@@H]1C[C@@H](C)CCC=C(C)C.CCC1=CCN([S@](C)=O)[C@H]1c1ccsc1.COc1cc2c(C(=O)C(F)(F)F)c(C)[nH]c2cc1F.O=C=O.O=C=O. The zero-order valence-electron chi connectivity index (χ0n) is 34.7. The number of methoxy groups -OCH3 is 1. The number of hydrogen-bond donors (Lipinski definition) is 1. The van der Waals surface area contributed by atoms with Gasteiger partial charge in [-0.2, -0.15) is 43.7 Å². The Hall–Kier alpha value is -4.15. The molecule has 0 spiro atoms. The van der Waals surface area contributed by atoms with E-state index < -0.39 is 45.3 Å². The van der Waals surface area contributed by atoms with E-state index in [0.29, 0.717) is 12.0 Å². The van der Waals surface area contributed by atoms with E-state index in [2.05, 4.69) is 79.0 Å². The Morgan fingerprint density at radius 2 is 1.58 bits per heavy atom. The van der Waals surface area contributed by atoms with Crippen molar-refractivity contribution in [2.75, 3.05) is 32.7 Å². The van der Waals surface area contributed by atoms with E-state index in [1.807, 2.05) is 4.31 Å². The summed E-state index contributed by atoms with van der Waals surface area (Å²) < 4.78 is 83.3. The standard InChI is InChI=1S/C16H29NOS.C12H9F4NO2.C11H15NOS2.2CO2/c1-6-15-10-11-17(19(5)18)16(15)12-14(4)9-7-8-13(2)3;1-5-10(11(18)12(14,15)16)6-3-9(19-2)7(13)4-8(6)17-5;1-3-9-4-6-12(15(2)13)11(9)10-5-7-14-8-10;2*2-1-3/h8,10,14,16H,6-7,9,11-12H2,1-5H3;3-4,17H,1-2H3;4-5,7-8,11H,3,6H2,1-2H3;;/t14-,16+,19+;;11-,15+;;/m0.1../s1. The van der Waals surface area contributed by atoms with Gasteiger partial charge in [-0.1, -0.05) is 55.7 Å². The van der Waals surface area contributed by atoms with E-state index in [0.717, 1.165) is 50.9 Å². The summed E-state index contributed by atoms with van der Waals surface area (Å²) in [5.41, 5.74) is 5.18. The number of nitrogens with zero attached hydrogens (tertiary/aromatic N) is 2. The zero-order valence-corrected chi connectivity index (χ0v) is 37.1. The van der Waals surface area contributed by atoms with Crippen molar-refractivity contribution < 1.29 is 54.7 Å². The average Bonchev–Trinajstić information content (AvgIpc) is 3.97. The first-order valence-electron chi connectivity index (χ1n) is 18.5. The van der Waals surface area contributed by atoms with E-state index in [1.54, 1.807) is 23.8 Å². The molecule has 59 heavy (non-hydrogen) atoms. The van der Waals surface area contributed by atoms with Crippen LogP contribution < -0.4 is 4.74 Å². The molecule has 0 radical (unpaired) electrons. The molecule has 0 saturated carbocycles. The van der Waals surface area contributed by atoms with E-state index in [9.17, 15) is 30.8 Å². The molecule has 4 heterocycles. The summed E-state index contributed by atoms with van der Waals surface area (Å²) in [5, 5.41) is 4.22. The minimum Gasteiger partial charge on any atom is -0.494 e. The van der Waals surface area contributed by atoms with Crippen LogP contribution in [0, 0.1) is 18.7 Å². The lowest BCUT2D eigenvalue weighted by Crippen LogP contribution is -2.34. The number of hydrogen-bond acceptors (Lipinski definition) is 9. The average molecular weight is 888 g/mol. The lowest BCUT2D eigenvalue weighted by molar-refractivity contribution is -0.193. The number of benzene rings is 1. The molecule has 0 unspecified atom stereocenters. The fraction of sp³-hybridized carbons (Fsp3) is 0.488. The van der Waals surface area contributed by atoms with Crippen LogP contribution in [0.25, 0.3) is 10.9 Å². The molecule has 3 aromatic rings. The number of halogens is 4. The lowest BCUT2D eigenvalue weighted by Gasteiger charge is -2.27. The molecular weight excluding hydrogens is 835 g/mol. The molecule has 1 aromatic carbocycles. The molecule has 2 aromatic heterocycles. The van der Waals surface area contributed by atoms with Crippen LogP contribution in [-0.4, -0.2) is 85.0 Å². The number of Topliss-reactive ketones (excluding diaryl/α,β-unsaturated/α-hetero) is 1. The van der Waals surface area contributed by atoms with Gasteiger partial charge in [0.05, 0.1) is 40.7 Å². The molecule has 0 fully saturated rings. The van der Waals surface area contributed by atoms with Gasteiger partial charge in [0, 0.05) is 54.3 Å². The molecule has 326 valence electrons. The predicted octanol–water partition coefficient (Wildman–Crippen LogP) is 9.01. The molecule has 1 N–H and O–H groups in total. The minimum atomic E-state index is -4.98. The second-order valence-electron chi connectivity index (χ2n) is 13.6. The first-order valence-corrected chi connectivity index (χ1v) is 22.4. The van der Waals surface area contributed by atoms with Gasteiger partial charge in [0.1, 0.15) is 0 Å². The van der Waals surface area contributed by atoms with E-state index in [4.69, 9.17) is 23.9 Å². The van der Waals surface area contributed by atoms with Crippen molar-refractivity contribution >= 4 is 62.3 Å². The number of ether oxygens (including phenoxy) is 1. The molecule has 2 aliphatic rings. The van der Waals surface area contributed by atoms with Crippen LogP contribution in [0.1, 0.15) is 94.4 Å². The van der Waals surface area contributed by atoms with E-state index >= 15 is 0 Å². The van der Waals surface area contributed by atoms with Gasteiger partial charge < -0.3 is 9.72 Å². The molecule has 11 nitrogen and oxygen atoms in total. The number of H-pyrrole nitrogens is 1. The molecule has 0 saturated heterocycles. The van der Waals surface area contributed by atoms with Gasteiger partial charge in [0.25, 0.3) is 5.78 Å². The highest BCUT2D eigenvalue weighted by molar-refractivity contribution is 7.82. The van der Waals surface area contributed by atoms with Gasteiger partial charge in [-0.25, -0.2) is 21.4 Å². The number of fused-ring (bicyclic) bond motifs is 1. The number of aromatic nitrogens is 1. The summed E-state index contributed by atoms with van der Waals surface area (Å²) in [7, 11) is -0.556. The van der Waals surface area contributed by atoms with Crippen molar-refractivity contribution in [3.8, 4) is 5.75 Å². The Bertz CT molecular complexity index is 2020. The molecule has 5 atom stereocenters. The molecule has 0 aliphatic carbocycles. The van der Waals surface area contributed by atoms with Crippen LogP contribution >= 0.6 is 11.3 Å². The number of carbonyl (C=O) groups excluding carboxylic acids is 5. The van der Waals surface area contributed by atoms with Gasteiger partial charge in [0.15, 0.2) is 11.6 Å². The summed E-state index contributed by atoms with van der Waals surface area (Å²) in [6.45, 7) is 14.0. The normalized spacial score (nSPS) is 17.6. The van der Waals surface area contributed by atoms with Crippen molar-refractivity contribution in [1.29, 1.82) is 0 Å². The van der Waals surface area contributed by atoms with Crippen LogP contribution in [0.5, 0.6) is 5.75 Å². The Morgan fingerprint density at radius 3 is 2.05 bits per heavy atom. The fourth-order valence-electron chi connectivity index (χ4n) is 6.68. The summed E-state index contributed by atoms with van der Waals surface area (Å²) in [6.07, 6.45) is 11.5. The van der Waals surface area contributed by atoms with E-state index in [1.165, 1.54) is 42.7 Å². The largest absolute Gasteiger partial charge is 0.494 e. The molecular formula is C41H53F4N3O8S3. The summed E-state index contributed by atoms with van der Waals surface area (Å²) in [6, 6.07) is 4.84.